The van der Waals surface area contributed by atoms with Gasteiger partial charge in [0.2, 0.25) is 5.91 Å². The molecule has 1 amide bonds. The average Bonchev–Trinajstić information content (AvgIpc) is 2.97. The number of thiophene rings is 1. The largest absolute Gasteiger partial charge is 0.355 e. The Labute approximate surface area is 127 Å². The van der Waals surface area contributed by atoms with E-state index in [2.05, 4.69) is 10.6 Å². The quantitative estimate of drug-likeness (QED) is 0.791. The normalized spacial score (nSPS) is 19.9. The fraction of sp³-hybridized carbons (Fsp3) is 0.500. The Morgan fingerprint density at radius 3 is 3.00 bits per heavy atom. The van der Waals surface area contributed by atoms with Crippen LogP contribution >= 0.6 is 11.3 Å². The molecule has 2 heterocycles. The predicted octanol–water partition coefficient (Wildman–Crippen LogP) is -0.282. The Morgan fingerprint density at radius 2 is 2.38 bits per heavy atom. The summed E-state index contributed by atoms with van der Waals surface area (Å²) in [6.07, 6.45) is 0. The van der Waals surface area contributed by atoms with Gasteiger partial charge in [0.25, 0.3) is 10.0 Å². The Morgan fingerprint density at radius 1 is 1.62 bits per heavy atom. The second kappa shape index (κ2) is 6.53. The molecule has 1 aromatic heterocycles. The average molecular weight is 328 g/mol. The van der Waals surface area contributed by atoms with Gasteiger partial charge in [-0.2, -0.15) is 9.57 Å². The minimum atomic E-state index is -3.76. The fourth-order valence-electron chi connectivity index (χ4n) is 2.12. The van der Waals surface area contributed by atoms with E-state index in [1.54, 1.807) is 6.92 Å². The lowest BCUT2D eigenvalue weighted by Crippen LogP contribution is -2.59. The van der Waals surface area contributed by atoms with Gasteiger partial charge in [-0.15, -0.1) is 11.3 Å². The number of carbonyl (C=O) groups excluding carboxylic acids is 1. The van der Waals surface area contributed by atoms with E-state index in [0.29, 0.717) is 18.0 Å². The predicted molar refractivity (Wildman–Crippen MR) is 78.3 cm³/mol. The van der Waals surface area contributed by atoms with Crippen LogP contribution in [0.1, 0.15) is 11.8 Å². The van der Waals surface area contributed by atoms with Crippen molar-refractivity contribution in [1.82, 2.24) is 14.9 Å². The fourth-order valence-corrected chi connectivity index (χ4v) is 4.94. The molecule has 2 rings (SSSR count). The van der Waals surface area contributed by atoms with E-state index >= 15 is 0 Å². The molecule has 1 saturated heterocycles. The summed E-state index contributed by atoms with van der Waals surface area (Å²) in [5.74, 6) is -0.315. The number of rotatable bonds is 4. The first-order valence-electron chi connectivity index (χ1n) is 6.51. The van der Waals surface area contributed by atoms with Crippen LogP contribution in [-0.4, -0.2) is 50.9 Å². The topological polar surface area (TPSA) is 102 Å². The number of hydrogen-bond donors (Lipinski definition) is 2. The van der Waals surface area contributed by atoms with Crippen LogP contribution in [0.25, 0.3) is 0 Å². The van der Waals surface area contributed by atoms with Gasteiger partial charge >= 0.3 is 0 Å². The Bertz CT molecular complexity index is 662. The molecular weight excluding hydrogens is 312 g/mol. The highest BCUT2D eigenvalue weighted by Crippen LogP contribution is 2.26. The van der Waals surface area contributed by atoms with Gasteiger partial charge in [-0.05, 0) is 19.1 Å². The summed E-state index contributed by atoms with van der Waals surface area (Å²) in [6.45, 7) is 3.23. The van der Waals surface area contributed by atoms with Crippen LogP contribution < -0.4 is 10.6 Å². The molecule has 1 aliphatic rings. The molecule has 1 fully saturated rings. The van der Waals surface area contributed by atoms with Gasteiger partial charge in [-0.1, -0.05) is 0 Å². The Kier molecular flexibility index (Phi) is 4.95. The van der Waals surface area contributed by atoms with Crippen LogP contribution in [0.15, 0.2) is 16.3 Å². The molecule has 0 aromatic carbocycles. The van der Waals surface area contributed by atoms with Gasteiger partial charge in [0.15, 0.2) is 0 Å². The molecule has 0 aliphatic carbocycles. The number of hydrogen-bond acceptors (Lipinski definition) is 6. The minimum Gasteiger partial charge on any atom is -0.355 e. The summed E-state index contributed by atoms with van der Waals surface area (Å²) < 4.78 is 26.6. The van der Waals surface area contributed by atoms with Gasteiger partial charge in [-0.25, -0.2) is 8.42 Å². The van der Waals surface area contributed by atoms with E-state index in [1.807, 2.05) is 6.07 Å². The number of amides is 1. The van der Waals surface area contributed by atoms with Crippen molar-refractivity contribution in [3.63, 3.8) is 0 Å². The molecule has 9 heteroatoms. The van der Waals surface area contributed by atoms with Crippen molar-refractivity contribution in [2.45, 2.75) is 17.2 Å². The lowest BCUT2D eigenvalue weighted by atomic mass is 10.2. The van der Waals surface area contributed by atoms with E-state index in [1.165, 1.54) is 16.4 Å². The first-order chi connectivity index (χ1) is 10.0. The molecule has 1 aliphatic heterocycles. The van der Waals surface area contributed by atoms with E-state index in [-0.39, 0.29) is 23.2 Å². The zero-order valence-corrected chi connectivity index (χ0v) is 13.1. The van der Waals surface area contributed by atoms with Crippen LogP contribution in [0.5, 0.6) is 0 Å². The van der Waals surface area contributed by atoms with E-state index in [0.717, 1.165) is 11.3 Å². The Balaban J connectivity index is 2.31. The van der Waals surface area contributed by atoms with Crippen LogP contribution in [0.3, 0.4) is 0 Å². The summed E-state index contributed by atoms with van der Waals surface area (Å²) in [7, 11) is -3.76. The third-order valence-corrected chi connectivity index (χ3v) is 6.47. The van der Waals surface area contributed by atoms with E-state index in [4.69, 9.17) is 5.26 Å². The van der Waals surface area contributed by atoms with E-state index in [9.17, 15) is 13.2 Å². The standard InChI is InChI=1S/C12H16N4O3S2/c1-2-15-12(17)10-8-14-5-6-16(10)21(18,19)11-4-3-9(7-13)20-11/h3-4,10,14H,2,5-6,8H2,1H3,(H,15,17). The van der Waals surface area contributed by atoms with Gasteiger partial charge < -0.3 is 10.6 Å². The van der Waals surface area contributed by atoms with Crippen molar-refractivity contribution in [3.8, 4) is 6.07 Å². The first kappa shape index (κ1) is 15.9. The molecule has 114 valence electrons. The van der Waals surface area contributed by atoms with Crippen LogP contribution in [0.2, 0.25) is 0 Å². The van der Waals surface area contributed by atoms with Gasteiger partial charge in [0.1, 0.15) is 21.2 Å². The van der Waals surface area contributed by atoms with Crippen LogP contribution in [0.4, 0.5) is 0 Å². The highest BCUT2D eigenvalue weighted by Gasteiger charge is 2.38. The molecule has 21 heavy (non-hydrogen) atoms. The summed E-state index contributed by atoms with van der Waals surface area (Å²) in [5.41, 5.74) is 0. The third kappa shape index (κ3) is 3.24. The summed E-state index contributed by atoms with van der Waals surface area (Å²) >= 11 is 0.918. The number of carbonyl (C=O) groups is 1. The highest BCUT2D eigenvalue weighted by molar-refractivity contribution is 7.91. The number of sulfonamides is 1. The second-order valence-electron chi connectivity index (χ2n) is 4.46. The number of nitrogens with zero attached hydrogens (tertiary/aromatic N) is 2. The molecule has 0 spiro atoms. The van der Waals surface area contributed by atoms with E-state index < -0.39 is 16.1 Å². The minimum absolute atomic E-state index is 0.0928. The maximum atomic E-state index is 12.7. The van der Waals surface area contributed by atoms with Gasteiger partial charge in [-0.3, -0.25) is 4.79 Å². The molecule has 7 nitrogen and oxygen atoms in total. The first-order valence-corrected chi connectivity index (χ1v) is 8.76. The van der Waals surface area contributed by atoms with Crippen molar-refractivity contribution >= 4 is 27.3 Å². The maximum Gasteiger partial charge on any atom is 0.253 e. The Hall–Kier alpha value is -1.47. The smallest absolute Gasteiger partial charge is 0.253 e. The molecule has 1 unspecified atom stereocenters. The summed E-state index contributed by atoms with van der Waals surface area (Å²) in [4.78, 5) is 12.4. The lowest BCUT2D eigenvalue weighted by molar-refractivity contribution is -0.125. The molecular formula is C12H16N4O3S2. The van der Waals surface area contributed by atoms with Crippen LogP contribution in [-0.2, 0) is 14.8 Å². The van der Waals surface area contributed by atoms with Gasteiger partial charge in [0.05, 0.1) is 0 Å². The van der Waals surface area contributed by atoms with Crippen molar-refractivity contribution in [2.75, 3.05) is 26.2 Å². The third-order valence-electron chi connectivity index (χ3n) is 3.10. The second-order valence-corrected chi connectivity index (χ2v) is 7.66. The highest BCUT2D eigenvalue weighted by atomic mass is 32.2. The monoisotopic (exact) mass is 328 g/mol. The SMILES string of the molecule is CCNC(=O)C1CNCCN1S(=O)(=O)c1ccc(C#N)s1. The van der Waals surface area contributed by atoms with Crippen molar-refractivity contribution in [3.05, 3.63) is 17.0 Å². The van der Waals surface area contributed by atoms with Crippen molar-refractivity contribution < 1.29 is 13.2 Å². The summed E-state index contributed by atoms with van der Waals surface area (Å²) in [5, 5.41) is 14.5. The zero-order valence-electron chi connectivity index (χ0n) is 11.5. The summed E-state index contributed by atoms with van der Waals surface area (Å²) in [6, 6.07) is 4.04. The number of nitriles is 1. The van der Waals surface area contributed by atoms with Crippen LogP contribution in [0, 0.1) is 11.3 Å². The van der Waals surface area contributed by atoms with Crippen molar-refractivity contribution in [1.29, 1.82) is 5.26 Å². The van der Waals surface area contributed by atoms with Gasteiger partial charge in [0, 0.05) is 26.2 Å². The molecule has 0 saturated carbocycles. The lowest BCUT2D eigenvalue weighted by Gasteiger charge is -2.33. The molecule has 1 atom stereocenters. The number of piperazine rings is 1. The molecule has 0 radical (unpaired) electrons. The molecule has 1 aromatic rings. The number of nitrogens with one attached hydrogen (secondary N) is 2. The number of likely N-dealkylation sites (N-methyl/N-ethyl adjacent to an activating group) is 1. The molecule has 0 bridgehead atoms. The molecule has 2 N–H and O–H groups in total. The zero-order chi connectivity index (χ0) is 15.5. The van der Waals surface area contributed by atoms with Crippen molar-refractivity contribution in [2.24, 2.45) is 0 Å². The maximum absolute atomic E-state index is 12.7.